The number of hydrogen-bond acceptors (Lipinski definition) is 2. The van der Waals surface area contributed by atoms with Gasteiger partial charge < -0.3 is 4.74 Å². The fraction of sp³-hybridized carbons (Fsp3) is 0.417. The van der Waals surface area contributed by atoms with Crippen LogP contribution in [0.15, 0.2) is 6.07 Å². The minimum atomic E-state index is -0.314. The highest BCUT2D eigenvalue weighted by Gasteiger charge is 2.48. The van der Waals surface area contributed by atoms with Crippen molar-refractivity contribution in [2.45, 2.75) is 31.3 Å². The SMILES string of the molecule is N#Cc1c(I)c(F)cc2c1OC1(CC2)CC1. The molecule has 2 nitrogen and oxygen atoms in total. The summed E-state index contributed by atoms with van der Waals surface area (Å²) >= 11 is 1.87. The molecule has 1 aromatic rings. The van der Waals surface area contributed by atoms with Crippen molar-refractivity contribution < 1.29 is 9.13 Å². The van der Waals surface area contributed by atoms with E-state index in [0.29, 0.717) is 14.9 Å². The first-order valence-corrected chi connectivity index (χ1v) is 6.33. The van der Waals surface area contributed by atoms with Crippen molar-refractivity contribution in [1.29, 1.82) is 5.26 Å². The highest BCUT2D eigenvalue weighted by molar-refractivity contribution is 14.1. The van der Waals surface area contributed by atoms with Gasteiger partial charge in [-0.3, -0.25) is 0 Å². The summed E-state index contributed by atoms with van der Waals surface area (Å²) in [6.45, 7) is 0. The van der Waals surface area contributed by atoms with Crippen molar-refractivity contribution in [3.05, 3.63) is 26.6 Å². The van der Waals surface area contributed by atoms with E-state index in [1.54, 1.807) is 0 Å². The van der Waals surface area contributed by atoms with E-state index in [0.717, 1.165) is 31.2 Å². The fourth-order valence-corrected chi connectivity index (χ4v) is 2.71. The molecule has 1 heterocycles. The Balaban J connectivity index is 2.17. The molecule has 0 unspecified atom stereocenters. The quantitative estimate of drug-likeness (QED) is 0.685. The van der Waals surface area contributed by atoms with Crippen LogP contribution < -0.4 is 4.74 Å². The normalized spacial score (nSPS) is 19.8. The van der Waals surface area contributed by atoms with Gasteiger partial charge in [0, 0.05) is 0 Å². The van der Waals surface area contributed by atoms with Crippen LogP contribution in [0.3, 0.4) is 0 Å². The molecule has 3 rings (SSSR count). The minimum absolute atomic E-state index is 0.0283. The van der Waals surface area contributed by atoms with Gasteiger partial charge >= 0.3 is 0 Å². The van der Waals surface area contributed by atoms with Gasteiger partial charge in [-0.25, -0.2) is 4.39 Å². The molecule has 0 N–H and O–H groups in total. The average molecular weight is 329 g/mol. The summed E-state index contributed by atoms with van der Waals surface area (Å²) < 4.78 is 19.8. The number of nitrogens with zero attached hydrogens (tertiary/aromatic N) is 1. The third kappa shape index (κ3) is 1.41. The monoisotopic (exact) mass is 329 g/mol. The molecular weight excluding hydrogens is 320 g/mol. The molecular formula is C12H9FINO. The number of benzene rings is 1. The van der Waals surface area contributed by atoms with Gasteiger partial charge in [0.2, 0.25) is 0 Å². The Kier molecular flexibility index (Phi) is 2.15. The highest BCUT2D eigenvalue weighted by atomic mass is 127. The van der Waals surface area contributed by atoms with E-state index >= 15 is 0 Å². The zero-order valence-electron chi connectivity index (χ0n) is 8.52. The summed E-state index contributed by atoms with van der Waals surface area (Å²) in [6, 6.07) is 3.56. The van der Waals surface area contributed by atoms with Crippen molar-refractivity contribution >= 4 is 22.6 Å². The Morgan fingerprint density at radius 3 is 2.81 bits per heavy atom. The molecule has 1 aliphatic carbocycles. The van der Waals surface area contributed by atoms with Crippen molar-refractivity contribution in [3.63, 3.8) is 0 Å². The lowest BCUT2D eigenvalue weighted by molar-refractivity contribution is 0.150. The Hall–Kier alpha value is -0.830. The second-order valence-electron chi connectivity index (χ2n) is 4.43. The summed E-state index contributed by atoms with van der Waals surface area (Å²) in [5.74, 6) is 0.309. The summed E-state index contributed by atoms with van der Waals surface area (Å²) in [7, 11) is 0. The Labute approximate surface area is 107 Å². The van der Waals surface area contributed by atoms with Crippen LogP contribution in [0.2, 0.25) is 0 Å². The first-order chi connectivity index (χ1) is 7.65. The van der Waals surface area contributed by atoms with E-state index in [2.05, 4.69) is 6.07 Å². The Morgan fingerprint density at radius 2 is 2.19 bits per heavy atom. The standard InChI is InChI=1S/C12H9FINO/c13-9-5-7-1-2-12(3-4-12)16-11(7)8(6-15)10(9)14/h5H,1-4H2. The smallest absolute Gasteiger partial charge is 0.142 e. The molecule has 16 heavy (non-hydrogen) atoms. The summed E-state index contributed by atoms with van der Waals surface area (Å²) in [6.07, 6.45) is 3.89. The van der Waals surface area contributed by atoms with Gasteiger partial charge in [0.15, 0.2) is 0 Å². The lowest BCUT2D eigenvalue weighted by atomic mass is 9.98. The molecule has 1 fully saturated rings. The maximum Gasteiger partial charge on any atom is 0.142 e. The van der Waals surface area contributed by atoms with Gasteiger partial charge in [-0.1, -0.05) is 0 Å². The van der Waals surface area contributed by atoms with Gasteiger partial charge in [0.25, 0.3) is 0 Å². The maximum absolute atomic E-state index is 13.5. The molecule has 0 saturated heterocycles. The lowest BCUT2D eigenvalue weighted by Crippen LogP contribution is -2.25. The van der Waals surface area contributed by atoms with Crippen LogP contribution in [0.5, 0.6) is 5.75 Å². The molecule has 1 aromatic carbocycles. The number of aryl methyl sites for hydroxylation is 1. The first kappa shape index (κ1) is 10.3. The second kappa shape index (κ2) is 3.33. The molecule has 0 amide bonds. The number of halogens is 2. The third-order valence-electron chi connectivity index (χ3n) is 3.34. The van der Waals surface area contributed by atoms with Gasteiger partial charge in [-0.2, -0.15) is 5.26 Å². The van der Waals surface area contributed by atoms with Crippen LogP contribution >= 0.6 is 22.6 Å². The summed E-state index contributed by atoms with van der Waals surface area (Å²) in [5, 5.41) is 9.09. The van der Waals surface area contributed by atoms with E-state index in [9.17, 15) is 4.39 Å². The van der Waals surface area contributed by atoms with Gasteiger partial charge in [0.1, 0.15) is 28.8 Å². The number of fused-ring (bicyclic) bond motifs is 1. The number of nitriles is 1. The number of ether oxygens (including phenoxy) is 1. The van der Waals surface area contributed by atoms with E-state index in [-0.39, 0.29) is 11.4 Å². The predicted molar refractivity (Wildman–Crippen MR) is 64.7 cm³/mol. The topological polar surface area (TPSA) is 33.0 Å². The highest BCUT2D eigenvalue weighted by Crippen LogP contribution is 2.49. The molecule has 1 spiro atoms. The Bertz CT molecular complexity index is 517. The van der Waals surface area contributed by atoms with Crippen LogP contribution in [-0.4, -0.2) is 5.60 Å². The molecule has 1 aliphatic heterocycles. The lowest BCUT2D eigenvalue weighted by Gasteiger charge is -2.27. The fourth-order valence-electron chi connectivity index (χ4n) is 2.19. The van der Waals surface area contributed by atoms with Crippen LogP contribution in [0, 0.1) is 20.7 Å². The largest absolute Gasteiger partial charge is 0.486 e. The zero-order valence-corrected chi connectivity index (χ0v) is 10.7. The molecule has 0 radical (unpaired) electrons. The summed E-state index contributed by atoms with van der Waals surface area (Å²) in [5.41, 5.74) is 1.17. The van der Waals surface area contributed by atoms with Gasteiger partial charge in [0.05, 0.1) is 3.57 Å². The van der Waals surface area contributed by atoms with Crippen LogP contribution in [-0.2, 0) is 6.42 Å². The Morgan fingerprint density at radius 1 is 1.44 bits per heavy atom. The average Bonchev–Trinajstić information content (AvgIpc) is 3.01. The van der Waals surface area contributed by atoms with Crippen molar-refractivity contribution in [3.8, 4) is 11.8 Å². The van der Waals surface area contributed by atoms with E-state index in [1.807, 2.05) is 22.6 Å². The first-order valence-electron chi connectivity index (χ1n) is 5.25. The molecule has 0 bridgehead atoms. The third-order valence-corrected chi connectivity index (χ3v) is 4.39. The molecule has 0 aromatic heterocycles. The van der Waals surface area contributed by atoms with Crippen molar-refractivity contribution in [1.82, 2.24) is 0 Å². The van der Waals surface area contributed by atoms with E-state index in [1.165, 1.54) is 6.07 Å². The van der Waals surface area contributed by atoms with Crippen LogP contribution in [0.25, 0.3) is 0 Å². The van der Waals surface area contributed by atoms with Gasteiger partial charge in [-0.05, 0) is 59.9 Å². The minimum Gasteiger partial charge on any atom is -0.486 e. The molecule has 0 atom stereocenters. The summed E-state index contributed by atoms with van der Waals surface area (Å²) in [4.78, 5) is 0. The van der Waals surface area contributed by atoms with Gasteiger partial charge in [-0.15, -0.1) is 0 Å². The van der Waals surface area contributed by atoms with Crippen molar-refractivity contribution in [2.24, 2.45) is 0 Å². The van der Waals surface area contributed by atoms with Crippen LogP contribution in [0.1, 0.15) is 30.4 Å². The number of rotatable bonds is 0. The van der Waals surface area contributed by atoms with Crippen molar-refractivity contribution in [2.75, 3.05) is 0 Å². The molecule has 2 aliphatic rings. The van der Waals surface area contributed by atoms with E-state index < -0.39 is 0 Å². The predicted octanol–water partition coefficient (Wildman–Crippen LogP) is 3.16. The second-order valence-corrected chi connectivity index (χ2v) is 5.51. The molecule has 82 valence electrons. The molecule has 4 heteroatoms. The van der Waals surface area contributed by atoms with Crippen LogP contribution in [0.4, 0.5) is 4.39 Å². The number of hydrogen-bond donors (Lipinski definition) is 0. The molecule has 1 saturated carbocycles. The zero-order chi connectivity index (χ0) is 11.3. The maximum atomic E-state index is 13.5. The van der Waals surface area contributed by atoms with E-state index in [4.69, 9.17) is 10.00 Å².